The Bertz CT molecular complexity index is 647. The molecule has 136 valence electrons. The average Bonchev–Trinajstić information content (AvgIpc) is 3.06. The van der Waals surface area contributed by atoms with Gasteiger partial charge >= 0.3 is 0 Å². The number of hydrogen-bond acceptors (Lipinski definition) is 4. The van der Waals surface area contributed by atoms with Gasteiger partial charge < -0.3 is 25.4 Å². The quantitative estimate of drug-likeness (QED) is 0.616. The summed E-state index contributed by atoms with van der Waals surface area (Å²) in [5.41, 5.74) is 6.53. The zero-order valence-electron chi connectivity index (χ0n) is 14.7. The summed E-state index contributed by atoms with van der Waals surface area (Å²) in [4.78, 5) is 17.8. The van der Waals surface area contributed by atoms with E-state index in [1.807, 2.05) is 12.1 Å². The molecule has 1 aromatic carbocycles. The van der Waals surface area contributed by atoms with Crippen LogP contribution in [0.3, 0.4) is 0 Å². The first-order chi connectivity index (χ1) is 12.2. The lowest BCUT2D eigenvalue weighted by Gasteiger charge is -2.34. The highest BCUT2D eigenvalue weighted by molar-refractivity contribution is 5.80. The molecular formula is C18H26N4O3. The second-order valence-corrected chi connectivity index (χ2v) is 6.54. The number of amides is 1. The third-order valence-electron chi connectivity index (χ3n) is 4.65. The van der Waals surface area contributed by atoms with Crippen molar-refractivity contribution in [2.75, 3.05) is 33.5 Å². The summed E-state index contributed by atoms with van der Waals surface area (Å²) in [6, 6.07) is 6.03. The van der Waals surface area contributed by atoms with Crippen molar-refractivity contribution in [3.63, 3.8) is 0 Å². The number of nitrogens with two attached hydrogens (primary N) is 1. The summed E-state index contributed by atoms with van der Waals surface area (Å²) >= 11 is 0. The molecule has 1 amide bonds. The minimum Gasteiger partial charge on any atom is -0.454 e. The Hall–Kier alpha value is -2.44. The SMILES string of the molecule is CN=C(NCCc1ccc2c(c1)OCO2)N1CCCC(CC(N)=O)C1. The van der Waals surface area contributed by atoms with Gasteiger partial charge in [-0.3, -0.25) is 9.79 Å². The second-order valence-electron chi connectivity index (χ2n) is 6.54. The maximum atomic E-state index is 11.2. The molecule has 2 aliphatic rings. The van der Waals surface area contributed by atoms with E-state index in [1.165, 1.54) is 5.56 Å². The summed E-state index contributed by atoms with van der Waals surface area (Å²) in [6.45, 7) is 2.86. The summed E-state index contributed by atoms with van der Waals surface area (Å²) in [5, 5.41) is 3.42. The van der Waals surface area contributed by atoms with Crippen LogP contribution >= 0.6 is 0 Å². The minimum absolute atomic E-state index is 0.224. The van der Waals surface area contributed by atoms with E-state index in [1.54, 1.807) is 7.05 Å². The number of carbonyl (C=O) groups excluding carboxylic acids is 1. The van der Waals surface area contributed by atoms with Gasteiger partial charge in [0.25, 0.3) is 0 Å². The molecule has 7 nitrogen and oxygen atoms in total. The standard InChI is InChI=1S/C18H26N4O3/c1-20-18(22-8-2-3-14(11-22)10-17(19)23)21-7-6-13-4-5-15-16(9-13)25-12-24-15/h4-5,9,14H,2-3,6-8,10-12H2,1H3,(H2,19,23)(H,20,21). The number of primary amides is 1. The number of nitrogens with one attached hydrogen (secondary N) is 1. The molecule has 1 fully saturated rings. The molecular weight excluding hydrogens is 320 g/mol. The molecule has 1 aromatic rings. The van der Waals surface area contributed by atoms with Gasteiger partial charge in [0.2, 0.25) is 12.7 Å². The first-order valence-corrected chi connectivity index (χ1v) is 8.78. The molecule has 1 saturated heterocycles. The van der Waals surface area contributed by atoms with Crippen LogP contribution in [0.1, 0.15) is 24.8 Å². The largest absolute Gasteiger partial charge is 0.454 e. The van der Waals surface area contributed by atoms with Crippen molar-refractivity contribution in [1.82, 2.24) is 10.2 Å². The topological polar surface area (TPSA) is 89.2 Å². The van der Waals surface area contributed by atoms with Crippen molar-refractivity contribution >= 4 is 11.9 Å². The maximum Gasteiger partial charge on any atom is 0.231 e. The number of hydrogen-bond donors (Lipinski definition) is 2. The van der Waals surface area contributed by atoms with Crippen molar-refractivity contribution in [1.29, 1.82) is 0 Å². The van der Waals surface area contributed by atoms with Crippen molar-refractivity contribution in [3.05, 3.63) is 23.8 Å². The highest BCUT2D eigenvalue weighted by Gasteiger charge is 2.23. The number of fused-ring (bicyclic) bond motifs is 1. The van der Waals surface area contributed by atoms with E-state index in [-0.39, 0.29) is 5.91 Å². The Morgan fingerprint density at radius 2 is 2.24 bits per heavy atom. The summed E-state index contributed by atoms with van der Waals surface area (Å²) in [7, 11) is 1.79. The van der Waals surface area contributed by atoms with Gasteiger partial charge in [0.15, 0.2) is 17.5 Å². The van der Waals surface area contributed by atoms with E-state index in [4.69, 9.17) is 15.2 Å². The number of likely N-dealkylation sites (tertiary alicyclic amines) is 1. The number of nitrogens with zero attached hydrogens (tertiary/aromatic N) is 2. The summed E-state index contributed by atoms with van der Waals surface area (Å²) < 4.78 is 10.7. The Morgan fingerprint density at radius 1 is 1.40 bits per heavy atom. The van der Waals surface area contributed by atoms with Gasteiger partial charge in [0.05, 0.1) is 0 Å². The van der Waals surface area contributed by atoms with E-state index in [0.29, 0.717) is 19.1 Å². The zero-order chi connectivity index (χ0) is 17.6. The van der Waals surface area contributed by atoms with Gasteiger partial charge in [-0.2, -0.15) is 0 Å². The van der Waals surface area contributed by atoms with Gasteiger partial charge in [0.1, 0.15) is 0 Å². The Kier molecular flexibility index (Phi) is 5.63. The Labute approximate surface area is 148 Å². The third kappa shape index (κ3) is 4.55. The number of rotatable bonds is 5. The zero-order valence-corrected chi connectivity index (χ0v) is 14.7. The van der Waals surface area contributed by atoms with Crippen molar-refractivity contribution < 1.29 is 14.3 Å². The summed E-state index contributed by atoms with van der Waals surface area (Å²) in [6.07, 6.45) is 3.42. The molecule has 1 atom stereocenters. The molecule has 0 radical (unpaired) electrons. The Balaban J connectivity index is 1.50. The predicted molar refractivity (Wildman–Crippen MR) is 95.7 cm³/mol. The Morgan fingerprint density at radius 3 is 3.04 bits per heavy atom. The number of aliphatic imine (C=N–C) groups is 1. The first-order valence-electron chi connectivity index (χ1n) is 8.78. The van der Waals surface area contributed by atoms with Crippen LogP contribution in [0.2, 0.25) is 0 Å². The maximum absolute atomic E-state index is 11.2. The van der Waals surface area contributed by atoms with E-state index in [0.717, 1.165) is 56.4 Å². The molecule has 0 aromatic heterocycles. The van der Waals surface area contributed by atoms with Gasteiger partial charge in [-0.25, -0.2) is 0 Å². The number of ether oxygens (including phenoxy) is 2. The van der Waals surface area contributed by atoms with Crippen molar-refractivity contribution in [2.24, 2.45) is 16.6 Å². The molecule has 0 spiro atoms. The molecule has 2 heterocycles. The second kappa shape index (κ2) is 8.09. The molecule has 0 saturated carbocycles. The van der Waals surface area contributed by atoms with E-state index < -0.39 is 0 Å². The fraction of sp³-hybridized carbons (Fsp3) is 0.556. The first kappa shape index (κ1) is 17.4. The van der Waals surface area contributed by atoms with Gasteiger partial charge in [-0.15, -0.1) is 0 Å². The number of guanidine groups is 1. The predicted octanol–water partition coefficient (Wildman–Crippen LogP) is 1.12. The normalized spacial score (nSPS) is 19.8. The fourth-order valence-electron chi connectivity index (χ4n) is 3.46. The van der Waals surface area contributed by atoms with Crippen LogP contribution < -0.4 is 20.5 Å². The highest BCUT2D eigenvalue weighted by atomic mass is 16.7. The lowest BCUT2D eigenvalue weighted by molar-refractivity contribution is -0.119. The van der Waals surface area contributed by atoms with Crippen LogP contribution in [0.25, 0.3) is 0 Å². The molecule has 25 heavy (non-hydrogen) atoms. The molecule has 7 heteroatoms. The number of carbonyl (C=O) groups is 1. The van der Waals surface area contributed by atoms with Crippen LogP contribution in [0.4, 0.5) is 0 Å². The lowest BCUT2D eigenvalue weighted by Crippen LogP contribution is -2.47. The number of benzene rings is 1. The molecule has 0 bridgehead atoms. The smallest absolute Gasteiger partial charge is 0.231 e. The van der Waals surface area contributed by atoms with Crippen molar-refractivity contribution in [3.8, 4) is 11.5 Å². The van der Waals surface area contributed by atoms with Gasteiger partial charge in [-0.05, 0) is 42.9 Å². The fourth-order valence-corrected chi connectivity index (χ4v) is 3.46. The van der Waals surface area contributed by atoms with E-state index >= 15 is 0 Å². The third-order valence-corrected chi connectivity index (χ3v) is 4.65. The molecule has 3 rings (SSSR count). The molecule has 3 N–H and O–H groups in total. The van der Waals surface area contributed by atoms with E-state index in [9.17, 15) is 4.79 Å². The van der Waals surface area contributed by atoms with Crippen LogP contribution in [0.15, 0.2) is 23.2 Å². The van der Waals surface area contributed by atoms with Crippen LogP contribution in [0.5, 0.6) is 11.5 Å². The van der Waals surface area contributed by atoms with Crippen LogP contribution in [0, 0.1) is 5.92 Å². The van der Waals surface area contributed by atoms with Gasteiger partial charge in [-0.1, -0.05) is 6.07 Å². The van der Waals surface area contributed by atoms with Crippen LogP contribution in [-0.2, 0) is 11.2 Å². The molecule has 2 aliphatic heterocycles. The lowest BCUT2D eigenvalue weighted by atomic mass is 9.95. The average molecular weight is 346 g/mol. The minimum atomic E-state index is -0.224. The molecule has 1 unspecified atom stereocenters. The summed E-state index contributed by atoms with van der Waals surface area (Å²) in [5.74, 6) is 2.60. The van der Waals surface area contributed by atoms with Crippen molar-refractivity contribution in [2.45, 2.75) is 25.7 Å². The van der Waals surface area contributed by atoms with Gasteiger partial charge in [0, 0.05) is 33.1 Å². The highest BCUT2D eigenvalue weighted by Crippen LogP contribution is 2.32. The number of piperidine rings is 1. The monoisotopic (exact) mass is 346 g/mol. The molecule has 0 aliphatic carbocycles. The van der Waals surface area contributed by atoms with Crippen LogP contribution in [-0.4, -0.2) is 50.2 Å². The van der Waals surface area contributed by atoms with E-state index in [2.05, 4.69) is 21.3 Å².